The summed E-state index contributed by atoms with van der Waals surface area (Å²) in [6.45, 7) is 8.08. The number of hydrogen-bond acceptors (Lipinski definition) is 5. The molecule has 1 aromatic carbocycles. The number of aryl methyl sites for hydroxylation is 2. The monoisotopic (exact) mass is 343 g/mol. The third-order valence-corrected chi connectivity index (χ3v) is 4.78. The summed E-state index contributed by atoms with van der Waals surface area (Å²) in [5.41, 5.74) is 2.82. The first-order valence-electron chi connectivity index (χ1n) is 8.66. The normalized spacial score (nSPS) is 15.9. The lowest BCUT2D eigenvalue weighted by molar-refractivity contribution is 0.0761. The van der Waals surface area contributed by atoms with E-state index in [0.717, 1.165) is 61.9 Å². The van der Waals surface area contributed by atoms with Gasteiger partial charge in [-0.3, -0.25) is 9.69 Å². The van der Waals surface area contributed by atoms with E-state index in [9.17, 15) is 4.79 Å². The Morgan fingerprint density at radius 1 is 1.16 bits per heavy atom. The summed E-state index contributed by atoms with van der Waals surface area (Å²) in [4.78, 5) is 17.0. The fraction of sp³-hybridized carbons (Fsp3) is 0.474. The molecule has 0 aliphatic carbocycles. The minimum absolute atomic E-state index is 0.0850. The number of amides is 1. The second-order valence-corrected chi connectivity index (χ2v) is 6.45. The van der Waals surface area contributed by atoms with Gasteiger partial charge in [-0.05, 0) is 44.5 Å². The number of nitrogens with zero attached hydrogens (tertiary/aromatic N) is 3. The highest BCUT2D eigenvalue weighted by Crippen LogP contribution is 2.18. The summed E-state index contributed by atoms with van der Waals surface area (Å²) in [6, 6.07) is 7.31. The van der Waals surface area contributed by atoms with E-state index < -0.39 is 0 Å². The molecule has 1 aliphatic heterocycles. The van der Waals surface area contributed by atoms with Crippen LogP contribution in [0.5, 0.6) is 5.75 Å². The van der Waals surface area contributed by atoms with Crippen molar-refractivity contribution in [2.75, 3.05) is 33.3 Å². The Balaban J connectivity index is 1.61. The zero-order chi connectivity index (χ0) is 17.8. The molecule has 2 aromatic rings. The number of rotatable bonds is 4. The molecule has 0 N–H and O–H groups in total. The highest BCUT2D eigenvalue weighted by molar-refractivity contribution is 5.94. The molecule has 0 bridgehead atoms. The standard InChI is InChI=1S/C19H25N3O3/c1-14-18(15(2)25-20-14)13-21-9-4-10-22(12-11-21)19(23)16-5-7-17(24-3)8-6-16/h5-8H,4,9-13H2,1-3H3. The Bertz CT molecular complexity index is 705. The maximum absolute atomic E-state index is 12.7. The van der Waals surface area contributed by atoms with Gasteiger partial charge in [-0.2, -0.15) is 0 Å². The number of ether oxygens (including phenoxy) is 1. The van der Waals surface area contributed by atoms with E-state index in [0.29, 0.717) is 5.56 Å². The highest BCUT2D eigenvalue weighted by atomic mass is 16.5. The van der Waals surface area contributed by atoms with Crippen molar-refractivity contribution in [1.82, 2.24) is 15.0 Å². The molecular weight excluding hydrogens is 318 g/mol. The Hall–Kier alpha value is -2.34. The van der Waals surface area contributed by atoms with E-state index in [4.69, 9.17) is 9.26 Å². The van der Waals surface area contributed by atoms with Crippen molar-refractivity contribution < 1.29 is 14.1 Å². The van der Waals surface area contributed by atoms with Gasteiger partial charge in [0.2, 0.25) is 0 Å². The molecule has 0 saturated carbocycles. The smallest absolute Gasteiger partial charge is 0.253 e. The third kappa shape index (κ3) is 4.02. The van der Waals surface area contributed by atoms with Crippen molar-refractivity contribution in [2.24, 2.45) is 0 Å². The summed E-state index contributed by atoms with van der Waals surface area (Å²) in [7, 11) is 1.62. The van der Waals surface area contributed by atoms with Crippen molar-refractivity contribution >= 4 is 5.91 Å². The fourth-order valence-electron chi connectivity index (χ4n) is 3.20. The second kappa shape index (κ2) is 7.70. The van der Waals surface area contributed by atoms with Crippen molar-refractivity contribution in [3.8, 4) is 5.75 Å². The lowest BCUT2D eigenvalue weighted by Crippen LogP contribution is -2.35. The fourth-order valence-corrected chi connectivity index (χ4v) is 3.20. The van der Waals surface area contributed by atoms with Crippen molar-refractivity contribution in [3.63, 3.8) is 0 Å². The van der Waals surface area contributed by atoms with Crippen LogP contribution in [0.3, 0.4) is 0 Å². The summed E-state index contributed by atoms with van der Waals surface area (Å²) in [5.74, 6) is 1.73. The number of carbonyl (C=O) groups is 1. The molecule has 0 atom stereocenters. The average Bonchev–Trinajstić information content (AvgIpc) is 2.83. The third-order valence-electron chi connectivity index (χ3n) is 4.78. The predicted molar refractivity (Wildman–Crippen MR) is 94.8 cm³/mol. The second-order valence-electron chi connectivity index (χ2n) is 6.45. The molecule has 134 valence electrons. The van der Waals surface area contributed by atoms with Gasteiger partial charge in [0, 0.05) is 43.9 Å². The number of benzene rings is 1. The lowest BCUT2D eigenvalue weighted by atomic mass is 10.2. The van der Waals surface area contributed by atoms with Gasteiger partial charge in [-0.1, -0.05) is 5.16 Å². The molecule has 0 unspecified atom stereocenters. The van der Waals surface area contributed by atoms with Gasteiger partial charge in [-0.15, -0.1) is 0 Å². The Kier molecular flexibility index (Phi) is 5.38. The minimum Gasteiger partial charge on any atom is -0.497 e. The summed E-state index contributed by atoms with van der Waals surface area (Å²) in [5, 5.41) is 4.03. The minimum atomic E-state index is 0.0850. The molecule has 2 heterocycles. The van der Waals surface area contributed by atoms with Gasteiger partial charge in [-0.25, -0.2) is 0 Å². The van der Waals surface area contributed by atoms with Gasteiger partial charge >= 0.3 is 0 Å². The maximum Gasteiger partial charge on any atom is 0.253 e. The van der Waals surface area contributed by atoms with E-state index in [-0.39, 0.29) is 5.91 Å². The van der Waals surface area contributed by atoms with Gasteiger partial charge < -0.3 is 14.2 Å². The van der Waals surface area contributed by atoms with Gasteiger partial charge in [0.1, 0.15) is 11.5 Å². The highest BCUT2D eigenvalue weighted by Gasteiger charge is 2.22. The van der Waals surface area contributed by atoms with Gasteiger partial charge in [0.05, 0.1) is 12.8 Å². The van der Waals surface area contributed by atoms with Crippen LogP contribution >= 0.6 is 0 Å². The molecule has 6 heteroatoms. The van der Waals surface area contributed by atoms with Crippen LogP contribution in [0.4, 0.5) is 0 Å². The largest absolute Gasteiger partial charge is 0.497 e. The summed E-state index contributed by atoms with van der Waals surface area (Å²) in [6.07, 6.45) is 0.964. The predicted octanol–water partition coefficient (Wildman–Crippen LogP) is 2.65. The van der Waals surface area contributed by atoms with Crippen molar-refractivity contribution in [3.05, 3.63) is 46.8 Å². The van der Waals surface area contributed by atoms with Crippen LogP contribution in [0.15, 0.2) is 28.8 Å². The van der Waals surface area contributed by atoms with E-state index in [1.165, 1.54) is 0 Å². The quantitative estimate of drug-likeness (QED) is 0.854. The Labute approximate surface area is 148 Å². The molecule has 1 fully saturated rings. The van der Waals surface area contributed by atoms with E-state index in [2.05, 4.69) is 10.1 Å². The maximum atomic E-state index is 12.7. The van der Waals surface area contributed by atoms with Gasteiger partial charge in [0.15, 0.2) is 0 Å². The Morgan fingerprint density at radius 3 is 2.56 bits per heavy atom. The lowest BCUT2D eigenvalue weighted by Gasteiger charge is -2.22. The molecule has 1 aliphatic rings. The van der Waals surface area contributed by atoms with E-state index in [1.807, 2.05) is 43.0 Å². The molecule has 0 radical (unpaired) electrons. The van der Waals surface area contributed by atoms with Crippen molar-refractivity contribution in [1.29, 1.82) is 0 Å². The average molecular weight is 343 g/mol. The van der Waals surface area contributed by atoms with Crippen LogP contribution in [0.25, 0.3) is 0 Å². The Morgan fingerprint density at radius 2 is 1.92 bits per heavy atom. The van der Waals surface area contributed by atoms with Gasteiger partial charge in [0.25, 0.3) is 5.91 Å². The SMILES string of the molecule is COc1ccc(C(=O)N2CCCN(Cc3c(C)noc3C)CC2)cc1. The molecule has 3 rings (SSSR count). The molecule has 1 saturated heterocycles. The van der Waals surface area contributed by atoms with Crippen LogP contribution in [-0.4, -0.2) is 54.2 Å². The first-order chi connectivity index (χ1) is 12.1. The molecule has 6 nitrogen and oxygen atoms in total. The molecule has 25 heavy (non-hydrogen) atoms. The zero-order valence-corrected chi connectivity index (χ0v) is 15.1. The number of hydrogen-bond donors (Lipinski definition) is 0. The number of carbonyl (C=O) groups excluding carboxylic acids is 1. The first kappa shape index (κ1) is 17.5. The van der Waals surface area contributed by atoms with Crippen LogP contribution in [0.2, 0.25) is 0 Å². The zero-order valence-electron chi connectivity index (χ0n) is 15.1. The molecular formula is C19H25N3O3. The van der Waals surface area contributed by atoms with E-state index >= 15 is 0 Å². The molecule has 1 amide bonds. The molecule has 0 spiro atoms. The first-order valence-corrected chi connectivity index (χ1v) is 8.66. The molecule has 1 aromatic heterocycles. The van der Waals surface area contributed by atoms with Crippen LogP contribution in [-0.2, 0) is 6.54 Å². The van der Waals surface area contributed by atoms with E-state index in [1.54, 1.807) is 7.11 Å². The number of aromatic nitrogens is 1. The van der Waals surface area contributed by atoms with Crippen LogP contribution in [0.1, 0.15) is 33.8 Å². The summed E-state index contributed by atoms with van der Waals surface area (Å²) >= 11 is 0. The van der Waals surface area contributed by atoms with Crippen molar-refractivity contribution in [2.45, 2.75) is 26.8 Å². The van der Waals surface area contributed by atoms with Crippen LogP contribution in [0, 0.1) is 13.8 Å². The summed E-state index contributed by atoms with van der Waals surface area (Å²) < 4.78 is 10.4. The topological polar surface area (TPSA) is 58.8 Å². The number of methoxy groups -OCH3 is 1. The van der Waals surface area contributed by atoms with Crippen LogP contribution < -0.4 is 4.74 Å².